The van der Waals surface area contributed by atoms with Crippen LogP contribution in [0.3, 0.4) is 0 Å². The summed E-state index contributed by atoms with van der Waals surface area (Å²) in [4.78, 5) is 17.7. The molecule has 1 heterocycles. The molecule has 0 aliphatic carbocycles. The van der Waals surface area contributed by atoms with Crippen molar-refractivity contribution in [3.8, 4) is 17.0 Å². The number of carbonyl (C=O) groups is 1. The second-order valence-corrected chi connectivity index (χ2v) is 3.84. The Hall–Kier alpha value is -2.90. The van der Waals surface area contributed by atoms with E-state index in [0.717, 1.165) is 0 Å². The van der Waals surface area contributed by atoms with E-state index in [0.29, 0.717) is 11.3 Å². The van der Waals surface area contributed by atoms with Gasteiger partial charge in [-0.15, -0.1) is 0 Å². The predicted molar refractivity (Wildman–Crippen MR) is 69.4 cm³/mol. The summed E-state index contributed by atoms with van der Waals surface area (Å²) in [6, 6.07) is 6.02. The average molecular weight is 278 g/mol. The zero-order valence-corrected chi connectivity index (χ0v) is 10.2. The van der Waals surface area contributed by atoms with Gasteiger partial charge >= 0.3 is 5.97 Å². The molecule has 0 bridgehead atoms. The summed E-state index contributed by atoms with van der Waals surface area (Å²) in [5, 5.41) is 8.49. The van der Waals surface area contributed by atoms with Crippen LogP contribution in [0.15, 0.2) is 24.3 Å². The zero-order chi connectivity index (χ0) is 14.7. The first kappa shape index (κ1) is 13.5. The first-order valence-corrected chi connectivity index (χ1v) is 5.51. The zero-order valence-electron chi connectivity index (χ0n) is 10.2. The highest BCUT2D eigenvalue weighted by Gasteiger charge is 2.13. The van der Waals surface area contributed by atoms with Crippen molar-refractivity contribution < 1.29 is 19.0 Å². The fraction of sp³-hybridized carbons (Fsp3) is 0.0833. The van der Waals surface area contributed by atoms with Crippen molar-refractivity contribution in [3.05, 3.63) is 30.1 Å². The summed E-state index contributed by atoms with van der Waals surface area (Å²) in [6.45, 7) is -0.457. The molecule has 7 nitrogen and oxygen atoms in total. The lowest BCUT2D eigenvalue weighted by Crippen LogP contribution is -2.09. The second-order valence-electron chi connectivity index (χ2n) is 3.84. The summed E-state index contributed by atoms with van der Waals surface area (Å²) in [7, 11) is 0. The number of aromatic nitrogens is 2. The molecule has 20 heavy (non-hydrogen) atoms. The maximum absolute atomic E-state index is 13.8. The summed E-state index contributed by atoms with van der Waals surface area (Å²) < 4.78 is 18.8. The maximum atomic E-state index is 13.8. The first-order valence-electron chi connectivity index (χ1n) is 5.51. The highest BCUT2D eigenvalue weighted by Crippen LogP contribution is 2.26. The molecule has 2 rings (SSSR count). The normalized spacial score (nSPS) is 10.2. The van der Waals surface area contributed by atoms with Crippen LogP contribution in [-0.4, -0.2) is 27.7 Å². The number of nitrogens with two attached hydrogens (primary N) is 2. The molecular weight excluding hydrogens is 267 g/mol. The van der Waals surface area contributed by atoms with Crippen molar-refractivity contribution in [1.82, 2.24) is 9.97 Å². The van der Waals surface area contributed by atoms with Crippen molar-refractivity contribution in [2.24, 2.45) is 0 Å². The minimum absolute atomic E-state index is 0.0280. The lowest BCUT2D eigenvalue weighted by molar-refractivity contribution is -0.139. The van der Waals surface area contributed by atoms with Gasteiger partial charge in [0.05, 0.1) is 0 Å². The summed E-state index contributed by atoms with van der Waals surface area (Å²) in [5.74, 6) is -1.98. The molecular formula is C12H11FN4O3. The number of aliphatic carboxylic acids is 1. The number of anilines is 2. The van der Waals surface area contributed by atoms with E-state index in [1.54, 1.807) is 0 Å². The number of carboxylic acids is 1. The van der Waals surface area contributed by atoms with Gasteiger partial charge in [-0.1, -0.05) is 0 Å². The molecule has 1 aromatic heterocycles. The van der Waals surface area contributed by atoms with Crippen molar-refractivity contribution in [2.75, 3.05) is 18.1 Å². The van der Waals surface area contributed by atoms with E-state index in [2.05, 4.69) is 9.97 Å². The van der Waals surface area contributed by atoms with Gasteiger partial charge in [-0.3, -0.25) is 0 Å². The van der Waals surface area contributed by atoms with E-state index in [-0.39, 0.29) is 17.5 Å². The highest BCUT2D eigenvalue weighted by molar-refractivity contribution is 5.69. The molecule has 0 radical (unpaired) electrons. The van der Waals surface area contributed by atoms with E-state index in [1.807, 2.05) is 0 Å². The number of rotatable bonds is 4. The fourth-order valence-electron chi connectivity index (χ4n) is 1.53. The summed E-state index contributed by atoms with van der Waals surface area (Å²) >= 11 is 0. The number of nitrogen functional groups attached to an aromatic ring is 2. The van der Waals surface area contributed by atoms with Crippen LogP contribution in [0.1, 0.15) is 0 Å². The second kappa shape index (κ2) is 5.39. The molecule has 5 N–H and O–H groups in total. The number of hydrogen-bond donors (Lipinski definition) is 3. The smallest absolute Gasteiger partial charge is 0.341 e. The minimum Gasteiger partial charge on any atom is -0.482 e. The largest absolute Gasteiger partial charge is 0.482 e. The third-order valence-corrected chi connectivity index (χ3v) is 2.38. The van der Waals surface area contributed by atoms with E-state index in [4.69, 9.17) is 21.3 Å². The van der Waals surface area contributed by atoms with Crippen molar-refractivity contribution in [3.63, 3.8) is 0 Å². The quantitative estimate of drug-likeness (QED) is 0.759. The van der Waals surface area contributed by atoms with Gasteiger partial charge in [0.2, 0.25) is 5.95 Å². The van der Waals surface area contributed by atoms with E-state index < -0.39 is 18.4 Å². The van der Waals surface area contributed by atoms with Crippen LogP contribution in [0.2, 0.25) is 0 Å². The molecule has 0 unspecified atom stereocenters. The lowest BCUT2D eigenvalue weighted by atomic mass is 10.1. The molecule has 0 spiro atoms. The minimum atomic E-state index is -1.09. The van der Waals surface area contributed by atoms with Gasteiger partial charge in [-0.05, 0) is 24.3 Å². The molecule has 2 aromatic rings. The van der Waals surface area contributed by atoms with Gasteiger partial charge < -0.3 is 21.3 Å². The Morgan fingerprint density at radius 2 is 1.90 bits per heavy atom. The van der Waals surface area contributed by atoms with Crippen LogP contribution in [0.25, 0.3) is 11.3 Å². The standard InChI is InChI=1S/C12H11FN4O3/c13-9-10(16-12(15)17-11(9)14)6-1-3-7(4-2-6)20-5-8(18)19/h1-4H,5H2,(H,18,19)(H4,14,15,16,17). The Morgan fingerprint density at radius 3 is 2.50 bits per heavy atom. The molecule has 0 saturated heterocycles. The molecule has 104 valence electrons. The van der Waals surface area contributed by atoms with Crippen LogP contribution in [0.4, 0.5) is 16.2 Å². The van der Waals surface area contributed by atoms with Crippen LogP contribution < -0.4 is 16.2 Å². The third-order valence-electron chi connectivity index (χ3n) is 2.38. The number of halogens is 1. The van der Waals surface area contributed by atoms with Crippen LogP contribution in [0.5, 0.6) is 5.75 Å². The SMILES string of the molecule is Nc1nc(N)c(F)c(-c2ccc(OCC(=O)O)cc2)n1. The van der Waals surface area contributed by atoms with E-state index in [1.165, 1.54) is 24.3 Å². The first-order chi connectivity index (χ1) is 9.47. The van der Waals surface area contributed by atoms with Crippen molar-refractivity contribution in [2.45, 2.75) is 0 Å². The number of carboxylic acid groups (broad SMARTS) is 1. The van der Waals surface area contributed by atoms with Crippen molar-refractivity contribution >= 4 is 17.7 Å². The fourth-order valence-corrected chi connectivity index (χ4v) is 1.53. The van der Waals surface area contributed by atoms with Gasteiger partial charge in [0.25, 0.3) is 0 Å². The van der Waals surface area contributed by atoms with Gasteiger partial charge in [-0.25, -0.2) is 14.2 Å². The van der Waals surface area contributed by atoms with Crippen LogP contribution in [0, 0.1) is 5.82 Å². The molecule has 8 heteroatoms. The summed E-state index contributed by atoms with van der Waals surface area (Å²) in [6.07, 6.45) is 0. The number of hydrogen-bond acceptors (Lipinski definition) is 6. The van der Waals surface area contributed by atoms with Gasteiger partial charge in [0.1, 0.15) is 11.4 Å². The predicted octanol–water partition coefficient (Wildman–Crippen LogP) is 0.910. The number of nitrogens with zero attached hydrogens (tertiary/aromatic N) is 2. The van der Waals surface area contributed by atoms with Gasteiger partial charge in [-0.2, -0.15) is 4.98 Å². The Bertz CT molecular complexity index is 646. The molecule has 0 fully saturated rings. The van der Waals surface area contributed by atoms with Crippen LogP contribution >= 0.6 is 0 Å². The van der Waals surface area contributed by atoms with E-state index >= 15 is 0 Å². The molecule has 0 saturated carbocycles. The van der Waals surface area contributed by atoms with Crippen LogP contribution in [-0.2, 0) is 4.79 Å². The molecule has 0 aliphatic rings. The average Bonchev–Trinajstić information content (AvgIpc) is 2.41. The monoisotopic (exact) mass is 278 g/mol. The van der Waals surface area contributed by atoms with Crippen molar-refractivity contribution in [1.29, 1.82) is 0 Å². The number of benzene rings is 1. The summed E-state index contributed by atoms with van der Waals surface area (Å²) in [5.41, 5.74) is 11.2. The number of ether oxygens (including phenoxy) is 1. The van der Waals surface area contributed by atoms with E-state index in [9.17, 15) is 9.18 Å². The van der Waals surface area contributed by atoms with Gasteiger partial charge in [0, 0.05) is 5.56 Å². The molecule has 1 aromatic carbocycles. The Morgan fingerprint density at radius 1 is 1.25 bits per heavy atom. The maximum Gasteiger partial charge on any atom is 0.341 e. The Kier molecular flexibility index (Phi) is 3.65. The molecule has 0 aliphatic heterocycles. The molecule has 0 amide bonds. The Labute approximate surface area is 113 Å². The highest BCUT2D eigenvalue weighted by atomic mass is 19.1. The lowest BCUT2D eigenvalue weighted by Gasteiger charge is -2.07. The topological polar surface area (TPSA) is 124 Å². The third kappa shape index (κ3) is 2.91. The van der Waals surface area contributed by atoms with Gasteiger partial charge in [0.15, 0.2) is 18.2 Å². The Balaban J connectivity index is 2.28. The molecule has 0 atom stereocenters.